The predicted octanol–water partition coefficient (Wildman–Crippen LogP) is 3.19. The molecule has 0 heterocycles. The Labute approximate surface area is 82.8 Å². The topological polar surface area (TPSA) is 9.23 Å². The van der Waals surface area contributed by atoms with Crippen molar-refractivity contribution in [2.75, 3.05) is 0 Å². The summed E-state index contributed by atoms with van der Waals surface area (Å²) in [6.45, 7) is -2.58. The normalized spacial score (nSPS) is 50.4. The van der Waals surface area contributed by atoms with Crippen molar-refractivity contribution in [1.29, 1.82) is 0 Å². The molecule has 0 amide bonds. The van der Waals surface area contributed by atoms with Gasteiger partial charge in [-0.05, 0) is 56.3 Å². The van der Waals surface area contributed by atoms with E-state index in [-0.39, 0.29) is 0 Å². The lowest BCUT2D eigenvalue weighted by Gasteiger charge is -2.56. The maximum Gasteiger partial charge on any atom is 0.345 e. The molecule has 0 aromatic carbocycles. The summed E-state index contributed by atoms with van der Waals surface area (Å²) < 4.78 is 29.6. The molecule has 0 saturated heterocycles. The fourth-order valence-electron chi connectivity index (χ4n) is 4.36. The molecule has 14 heavy (non-hydrogen) atoms. The Morgan fingerprint density at radius 2 is 1.36 bits per heavy atom. The number of hydrogen-bond donors (Lipinski definition) is 0. The van der Waals surface area contributed by atoms with Crippen molar-refractivity contribution >= 4 is 0 Å². The summed E-state index contributed by atoms with van der Waals surface area (Å²) in [5, 5.41) is 0. The smallest absolute Gasteiger partial charge is 0.316 e. The van der Waals surface area contributed by atoms with Crippen molar-refractivity contribution in [2.45, 2.75) is 50.7 Å². The third kappa shape index (κ3) is 1.37. The first-order valence-electron chi connectivity index (χ1n) is 5.61. The second-order valence-electron chi connectivity index (χ2n) is 5.48. The minimum Gasteiger partial charge on any atom is -0.316 e. The van der Waals surface area contributed by atoms with Crippen LogP contribution in [0.1, 0.15) is 38.5 Å². The molecule has 4 saturated carbocycles. The molecule has 0 aliphatic heterocycles. The second-order valence-corrected chi connectivity index (χ2v) is 5.48. The van der Waals surface area contributed by atoms with Crippen molar-refractivity contribution in [2.24, 2.45) is 17.8 Å². The number of hydrogen-bond acceptors (Lipinski definition) is 1. The molecule has 1 nitrogen and oxygen atoms in total. The molecule has 0 atom stereocenters. The van der Waals surface area contributed by atoms with E-state index in [0.717, 1.165) is 19.3 Å². The van der Waals surface area contributed by atoms with Gasteiger partial charge in [0.05, 0.1) is 5.60 Å². The van der Waals surface area contributed by atoms with Crippen LogP contribution in [0.3, 0.4) is 0 Å². The van der Waals surface area contributed by atoms with Gasteiger partial charge in [-0.2, -0.15) is 8.78 Å². The van der Waals surface area contributed by atoms with Gasteiger partial charge in [-0.1, -0.05) is 0 Å². The summed E-state index contributed by atoms with van der Waals surface area (Å²) in [6.07, 6.45) is 6.49. The average molecular weight is 202 g/mol. The lowest BCUT2D eigenvalue weighted by molar-refractivity contribution is -0.256. The molecule has 4 bridgehead atoms. The van der Waals surface area contributed by atoms with Gasteiger partial charge >= 0.3 is 6.61 Å². The van der Waals surface area contributed by atoms with Gasteiger partial charge in [0.15, 0.2) is 0 Å². The minimum atomic E-state index is -2.58. The first kappa shape index (κ1) is 9.08. The van der Waals surface area contributed by atoms with Gasteiger partial charge in [-0.25, -0.2) is 0 Å². The molecule has 4 aliphatic rings. The summed E-state index contributed by atoms with van der Waals surface area (Å²) in [7, 11) is 0. The summed E-state index contributed by atoms with van der Waals surface area (Å²) in [5.74, 6) is 2.04. The third-order valence-electron chi connectivity index (χ3n) is 4.32. The van der Waals surface area contributed by atoms with Crippen LogP contribution in [0, 0.1) is 17.8 Å². The van der Waals surface area contributed by atoms with Crippen LogP contribution in [-0.4, -0.2) is 12.2 Å². The molecule has 4 fully saturated rings. The SMILES string of the molecule is FC(F)OC12CC3CC(CC(C3)C1)C2. The quantitative estimate of drug-likeness (QED) is 0.668. The highest BCUT2D eigenvalue weighted by Crippen LogP contribution is 2.57. The average Bonchev–Trinajstić information content (AvgIpc) is 1.96. The zero-order valence-electron chi connectivity index (χ0n) is 8.22. The van der Waals surface area contributed by atoms with E-state index in [1.807, 2.05) is 0 Å². The third-order valence-corrected chi connectivity index (χ3v) is 4.32. The predicted molar refractivity (Wildman–Crippen MR) is 48.0 cm³/mol. The highest BCUT2D eigenvalue weighted by molar-refractivity contribution is 5.02. The van der Waals surface area contributed by atoms with Crippen LogP contribution in [0.15, 0.2) is 0 Å². The lowest BCUT2D eigenvalue weighted by atomic mass is 9.54. The molecule has 0 N–H and O–H groups in total. The first-order valence-corrected chi connectivity index (χ1v) is 5.61. The van der Waals surface area contributed by atoms with Crippen molar-refractivity contribution in [3.05, 3.63) is 0 Å². The molecular formula is C11H16F2O. The van der Waals surface area contributed by atoms with Crippen LogP contribution >= 0.6 is 0 Å². The number of alkyl halides is 2. The molecule has 0 unspecified atom stereocenters. The van der Waals surface area contributed by atoms with Gasteiger partial charge < -0.3 is 4.74 Å². The van der Waals surface area contributed by atoms with Gasteiger partial charge in [-0.3, -0.25) is 0 Å². The van der Waals surface area contributed by atoms with E-state index < -0.39 is 12.2 Å². The van der Waals surface area contributed by atoms with E-state index in [9.17, 15) is 8.78 Å². The highest BCUT2D eigenvalue weighted by Gasteiger charge is 2.52. The van der Waals surface area contributed by atoms with Crippen LogP contribution < -0.4 is 0 Å². The standard InChI is InChI=1S/C11H16F2O/c12-10(13)14-11-4-7-1-8(5-11)3-9(2-7)6-11/h7-10H,1-6H2. The van der Waals surface area contributed by atoms with Crippen LogP contribution in [0.25, 0.3) is 0 Å². The fourth-order valence-corrected chi connectivity index (χ4v) is 4.36. The van der Waals surface area contributed by atoms with Crippen LogP contribution in [0.2, 0.25) is 0 Å². The molecule has 3 heteroatoms. The fraction of sp³-hybridized carbons (Fsp3) is 1.00. The van der Waals surface area contributed by atoms with E-state index in [2.05, 4.69) is 0 Å². The van der Waals surface area contributed by atoms with E-state index in [0.29, 0.717) is 17.8 Å². The number of halogens is 2. The van der Waals surface area contributed by atoms with Gasteiger partial charge in [-0.15, -0.1) is 0 Å². The summed E-state index contributed by atoms with van der Waals surface area (Å²) in [5.41, 5.74) is -0.428. The van der Waals surface area contributed by atoms with Crippen molar-refractivity contribution < 1.29 is 13.5 Å². The Bertz CT molecular complexity index is 198. The maximum absolute atomic E-state index is 12.3. The Morgan fingerprint density at radius 1 is 0.929 bits per heavy atom. The Morgan fingerprint density at radius 3 is 1.71 bits per heavy atom. The van der Waals surface area contributed by atoms with Gasteiger partial charge in [0, 0.05) is 0 Å². The second kappa shape index (κ2) is 2.91. The van der Waals surface area contributed by atoms with Gasteiger partial charge in [0.25, 0.3) is 0 Å². The van der Waals surface area contributed by atoms with Gasteiger partial charge in [0.1, 0.15) is 0 Å². The Kier molecular flexibility index (Phi) is 1.88. The molecule has 0 aromatic heterocycles. The zero-order chi connectivity index (χ0) is 9.76. The van der Waals surface area contributed by atoms with Crippen molar-refractivity contribution in [1.82, 2.24) is 0 Å². The molecule has 0 aromatic rings. The first-order chi connectivity index (χ1) is 6.65. The van der Waals surface area contributed by atoms with Crippen LogP contribution in [0.4, 0.5) is 8.78 Å². The highest BCUT2D eigenvalue weighted by atomic mass is 19.3. The molecule has 80 valence electrons. The Balaban J connectivity index is 1.80. The maximum atomic E-state index is 12.3. The van der Waals surface area contributed by atoms with Crippen molar-refractivity contribution in [3.8, 4) is 0 Å². The molecule has 4 aliphatic carbocycles. The Hall–Kier alpha value is -0.180. The van der Waals surface area contributed by atoms with E-state index >= 15 is 0 Å². The van der Waals surface area contributed by atoms with Crippen LogP contribution in [-0.2, 0) is 4.74 Å². The molecule has 4 rings (SSSR count). The largest absolute Gasteiger partial charge is 0.345 e. The van der Waals surface area contributed by atoms with Crippen molar-refractivity contribution in [3.63, 3.8) is 0 Å². The summed E-state index contributed by atoms with van der Waals surface area (Å²) in [6, 6.07) is 0. The molecular weight excluding hydrogens is 186 g/mol. The summed E-state index contributed by atoms with van der Waals surface area (Å²) in [4.78, 5) is 0. The van der Waals surface area contributed by atoms with E-state index in [1.165, 1.54) is 19.3 Å². The number of rotatable bonds is 2. The van der Waals surface area contributed by atoms with Gasteiger partial charge in [0.2, 0.25) is 0 Å². The van der Waals surface area contributed by atoms with E-state index in [1.54, 1.807) is 0 Å². The summed E-state index contributed by atoms with van der Waals surface area (Å²) >= 11 is 0. The molecule has 0 spiro atoms. The minimum absolute atomic E-state index is 0.428. The lowest BCUT2D eigenvalue weighted by Crippen LogP contribution is -2.52. The number of ether oxygens (including phenoxy) is 1. The zero-order valence-corrected chi connectivity index (χ0v) is 8.22. The van der Waals surface area contributed by atoms with Crippen LogP contribution in [0.5, 0.6) is 0 Å². The monoisotopic (exact) mass is 202 g/mol. The molecule has 0 radical (unpaired) electrons. The van der Waals surface area contributed by atoms with E-state index in [4.69, 9.17) is 4.74 Å².